The van der Waals surface area contributed by atoms with Gasteiger partial charge in [-0.15, -0.1) is 0 Å². The van der Waals surface area contributed by atoms with Gasteiger partial charge in [-0.3, -0.25) is 9.78 Å². The quantitative estimate of drug-likeness (QED) is 0.575. The van der Waals surface area contributed by atoms with Crippen LogP contribution in [0.1, 0.15) is 14.5 Å². The van der Waals surface area contributed by atoms with E-state index in [4.69, 9.17) is 4.11 Å². The van der Waals surface area contributed by atoms with E-state index in [1.807, 2.05) is 5.32 Å². The van der Waals surface area contributed by atoms with Crippen LogP contribution in [-0.2, 0) is 0 Å². The molecule has 0 saturated carbocycles. The van der Waals surface area contributed by atoms with Crippen LogP contribution in [0.3, 0.4) is 0 Å². The standard InChI is InChI=1S/C7H8N2O/c1-8-7(10)6-3-2-4-9-5-6/h2-5H,1H3,(H,8,10)/i1+1D3. The Kier molecular flexibility index (Phi) is 1.10. The molecule has 0 radical (unpaired) electrons. The average molecular weight is 140 g/mol. The number of carbonyl (C=O) groups is 1. The average Bonchev–Trinajstić information content (AvgIpc) is 2.03. The van der Waals surface area contributed by atoms with Gasteiger partial charge >= 0.3 is 0 Å². The summed E-state index contributed by atoms with van der Waals surface area (Å²) < 4.78 is 20.4. The minimum atomic E-state index is -2.45. The van der Waals surface area contributed by atoms with Crippen molar-refractivity contribution in [3.05, 3.63) is 30.1 Å². The first kappa shape index (κ1) is 3.71. The monoisotopic (exact) mass is 140 g/mol. The first-order valence-corrected chi connectivity index (χ1v) is 2.71. The molecule has 3 nitrogen and oxygen atoms in total. The summed E-state index contributed by atoms with van der Waals surface area (Å²) in [7, 11) is 0. The van der Waals surface area contributed by atoms with Crippen LogP contribution in [0.2, 0.25) is 0 Å². The highest BCUT2D eigenvalue weighted by Gasteiger charge is 1.98. The second kappa shape index (κ2) is 2.96. The van der Waals surface area contributed by atoms with E-state index in [2.05, 4.69) is 4.98 Å². The molecule has 1 aromatic rings. The van der Waals surface area contributed by atoms with Crippen LogP contribution >= 0.6 is 0 Å². The SMILES string of the molecule is [2H][13C]([2H])([2H])NC(=O)c1cccnc1. The van der Waals surface area contributed by atoms with Crippen LogP contribution in [-0.4, -0.2) is 17.9 Å². The minimum Gasteiger partial charge on any atom is -0.355 e. The van der Waals surface area contributed by atoms with E-state index in [9.17, 15) is 4.79 Å². The molecule has 0 fully saturated rings. The Bertz CT molecular complexity index is 296. The molecule has 3 heteroatoms. The van der Waals surface area contributed by atoms with Crippen LogP contribution in [0.15, 0.2) is 24.5 Å². The highest BCUT2D eigenvalue weighted by molar-refractivity contribution is 5.93. The topological polar surface area (TPSA) is 42.0 Å². The number of pyridine rings is 1. The number of amides is 1. The van der Waals surface area contributed by atoms with E-state index in [-0.39, 0.29) is 5.56 Å². The molecule has 0 aliphatic heterocycles. The molecule has 0 aliphatic carbocycles. The third kappa shape index (κ3) is 1.31. The Labute approximate surface area is 63.3 Å². The molecular formula is C7H8N2O. The molecular weight excluding hydrogens is 129 g/mol. The Morgan fingerprint density at radius 3 is 3.40 bits per heavy atom. The highest BCUT2D eigenvalue weighted by atomic mass is 16.1. The summed E-state index contributed by atoms with van der Waals surface area (Å²) in [5.41, 5.74) is 0.235. The van der Waals surface area contributed by atoms with E-state index in [0.29, 0.717) is 0 Å². The van der Waals surface area contributed by atoms with Gasteiger partial charge in [0, 0.05) is 23.5 Å². The maximum Gasteiger partial charge on any atom is 0.252 e. The summed E-state index contributed by atoms with van der Waals surface area (Å²) in [4.78, 5) is 14.8. The molecule has 0 aliphatic rings. The third-order valence-corrected chi connectivity index (χ3v) is 1.04. The number of hydrogen-bond donors (Lipinski definition) is 1. The van der Waals surface area contributed by atoms with Crippen LogP contribution < -0.4 is 5.32 Å². The number of aromatic nitrogens is 1. The second-order valence-corrected chi connectivity index (χ2v) is 1.70. The largest absolute Gasteiger partial charge is 0.355 e. The second-order valence-electron chi connectivity index (χ2n) is 1.70. The van der Waals surface area contributed by atoms with Gasteiger partial charge in [0.25, 0.3) is 5.91 Å². The summed E-state index contributed by atoms with van der Waals surface area (Å²) in [5, 5.41) is 1.86. The summed E-state index contributed by atoms with van der Waals surface area (Å²) in [6.07, 6.45) is 2.81. The molecule has 1 amide bonds. The Morgan fingerprint density at radius 2 is 2.80 bits per heavy atom. The van der Waals surface area contributed by atoms with Gasteiger partial charge in [-0.25, -0.2) is 0 Å². The van der Waals surface area contributed by atoms with Crippen molar-refractivity contribution in [2.75, 3.05) is 6.98 Å². The van der Waals surface area contributed by atoms with E-state index in [0.717, 1.165) is 0 Å². The number of nitrogens with zero attached hydrogens (tertiary/aromatic N) is 1. The molecule has 0 bridgehead atoms. The van der Waals surface area contributed by atoms with Crippen LogP contribution in [0.5, 0.6) is 0 Å². The van der Waals surface area contributed by atoms with Crippen molar-refractivity contribution < 1.29 is 8.91 Å². The smallest absolute Gasteiger partial charge is 0.252 e. The molecule has 10 heavy (non-hydrogen) atoms. The zero-order chi connectivity index (χ0) is 9.90. The van der Waals surface area contributed by atoms with E-state index in [1.165, 1.54) is 18.5 Å². The zero-order valence-electron chi connectivity index (χ0n) is 8.16. The van der Waals surface area contributed by atoms with E-state index in [1.54, 1.807) is 6.07 Å². The van der Waals surface area contributed by atoms with Gasteiger partial charge < -0.3 is 5.32 Å². The molecule has 0 saturated heterocycles. The Morgan fingerprint density at radius 1 is 1.90 bits per heavy atom. The molecule has 0 spiro atoms. The van der Waals surface area contributed by atoms with Crippen LogP contribution in [0.4, 0.5) is 0 Å². The van der Waals surface area contributed by atoms with Crippen LogP contribution in [0, 0.1) is 0 Å². The van der Waals surface area contributed by atoms with E-state index < -0.39 is 12.9 Å². The fourth-order valence-electron chi connectivity index (χ4n) is 0.569. The Balaban J connectivity index is 2.71. The molecule has 1 aromatic heterocycles. The van der Waals surface area contributed by atoms with Gasteiger partial charge in [0.05, 0.1) is 5.56 Å². The Hall–Kier alpha value is -1.38. The van der Waals surface area contributed by atoms with Crippen molar-refractivity contribution in [1.82, 2.24) is 10.3 Å². The van der Waals surface area contributed by atoms with Gasteiger partial charge in [-0.05, 0) is 12.1 Å². The highest BCUT2D eigenvalue weighted by Crippen LogP contribution is 1.93. The maximum atomic E-state index is 11.1. The fraction of sp³-hybridized carbons (Fsp3) is 0.143. The van der Waals surface area contributed by atoms with Gasteiger partial charge in [-0.1, -0.05) is 0 Å². The lowest BCUT2D eigenvalue weighted by Gasteiger charge is -1.95. The maximum absolute atomic E-state index is 11.1. The molecule has 52 valence electrons. The number of rotatable bonds is 1. The minimum absolute atomic E-state index is 0.235. The molecule has 1 N–H and O–H groups in total. The summed E-state index contributed by atoms with van der Waals surface area (Å²) in [6, 6.07) is 3.06. The van der Waals surface area contributed by atoms with Crippen molar-refractivity contribution in [2.24, 2.45) is 0 Å². The fourth-order valence-corrected chi connectivity index (χ4v) is 0.569. The third-order valence-electron chi connectivity index (χ3n) is 1.04. The molecule has 1 rings (SSSR count). The lowest BCUT2D eigenvalue weighted by atomic mass is 10.3. The lowest BCUT2D eigenvalue weighted by Crippen LogP contribution is -2.17. The predicted octanol–water partition coefficient (Wildman–Crippen LogP) is 0.441. The summed E-state index contributed by atoms with van der Waals surface area (Å²) >= 11 is 0. The van der Waals surface area contributed by atoms with Gasteiger partial charge in [0.2, 0.25) is 0 Å². The number of nitrogens with one attached hydrogen (secondary N) is 1. The van der Waals surface area contributed by atoms with Crippen molar-refractivity contribution in [3.63, 3.8) is 0 Å². The molecule has 0 aromatic carbocycles. The van der Waals surface area contributed by atoms with Gasteiger partial charge in [0.15, 0.2) is 0 Å². The van der Waals surface area contributed by atoms with Crippen molar-refractivity contribution >= 4 is 5.91 Å². The summed E-state index contributed by atoms with van der Waals surface area (Å²) in [5.74, 6) is -0.645. The first-order chi connectivity index (χ1) is 5.99. The van der Waals surface area contributed by atoms with Gasteiger partial charge in [-0.2, -0.15) is 0 Å². The van der Waals surface area contributed by atoms with Crippen LogP contribution in [0.25, 0.3) is 0 Å². The zero-order valence-corrected chi connectivity index (χ0v) is 5.16. The number of carbonyl (C=O) groups excluding carboxylic acids is 1. The molecule has 0 atom stereocenters. The molecule has 1 heterocycles. The summed E-state index contributed by atoms with van der Waals surface area (Å²) in [6.45, 7) is -2.45. The lowest BCUT2D eigenvalue weighted by molar-refractivity contribution is 0.0963. The van der Waals surface area contributed by atoms with E-state index >= 15 is 0 Å². The first-order valence-electron chi connectivity index (χ1n) is 4.21. The van der Waals surface area contributed by atoms with Gasteiger partial charge in [0.1, 0.15) is 0 Å². The van der Waals surface area contributed by atoms with Crippen molar-refractivity contribution in [1.29, 1.82) is 0 Å². The normalized spacial score (nSPS) is 14.6. The molecule has 0 unspecified atom stereocenters. The number of hydrogen-bond acceptors (Lipinski definition) is 2. The van der Waals surface area contributed by atoms with Crippen molar-refractivity contribution in [2.45, 2.75) is 0 Å². The predicted molar refractivity (Wildman–Crippen MR) is 37.6 cm³/mol. The van der Waals surface area contributed by atoms with Crippen molar-refractivity contribution in [3.8, 4) is 0 Å².